The summed E-state index contributed by atoms with van der Waals surface area (Å²) in [5.41, 5.74) is 1.41. The molecule has 2 aromatic rings. The molecule has 108 valence electrons. The second kappa shape index (κ2) is 5.90. The van der Waals surface area contributed by atoms with Gasteiger partial charge in [-0.15, -0.1) is 0 Å². The highest BCUT2D eigenvalue weighted by atomic mass is 16.2. The van der Waals surface area contributed by atoms with Crippen molar-refractivity contribution in [3.05, 3.63) is 35.7 Å². The van der Waals surface area contributed by atoms with E-state index in [1.807, 2.05) is 33.9 Å². The molecule has 0 unspecified atom stereocenters. The molecule has 0 saturated heterocycles. The van der Waals surface area contributed by atoms with Crippen molar-refractivity contribution in [2.45, 2.75) is 46.2 Å². The Balaban J connectivity index is 2.08. The fourth-order valence-electron chi connectivity index (χ4n) is 1.95. The summed E-state index contributed by atoms with van der Waals surface area (Å²) in [6.07, 6.45) is 4.35. The van der Waals surface area contributed by atoms with E-state index in [0.717, 1.165) is 17.9 Å². The van der Waals surface area contributed by atoms with E-state index in [9.17, 15) is 4.79 Å². The molecule has 2 heterocycles. The molecule has 20 heavy (non-hydrogen) atoms. The van der Waals surface area contributed by atoms with E-state index in [1.54, 1.807) is 16.9 Å². The van der Waals surface area contributed by atoms with Crippen molar-refractivity contribution >= 4 is 5.91 Å². The van der Waals surface area contributed by atoms with Gasteiger partial charge in [-0.3, -0.25) is 9.48 Å². The molecule has 2 rings (SSSR count). The second-order valence-electron chi connectivity index (χ2n) is 5.16. The van der Waals surface area contributed by atoms with Crippen molar-refractivity contribution < 1.29 is 4.79 Å². The summed E-state index contributed by atoms with van der Waals surface area (Å²) < 4.78 is 1.77. The lowest BCUT2D eigenvalue weighted by molar-refractivity contribution is 0.0927. The largest absolute Gasteiger partial charge is 0.344 e. The molecule has 0 radical (unpaired) electrons. The van der Waals surface area contributed by atoms with Crippen LogP contribution in [-0.4, -0.2) is 25.7 Å². The Hall–Kier alpha value is -2.11. The molecule has 0 saturated carbocycles. The molecule has 0 aliphatic heterocycles. The fourth-order valence-corrected chi connectivity index (χ4v) is 1.95. The molecule has 0 fully saturated rings. The fraction of sp³-hybridized carbons (Fsp3) is 0.500. The van der Waals surface area contributed by atoms with E-state index in [0.29, 0.717) is 5.69 Å². The maximum absolute atomic E-state index is 12.2. The van der Waals surface area contributed by atoms with E-state index >= 15 is 0 Å². The summed E-state index contributed by atoms with van der Waals surface area (Å²) in [7, 11) is 0. The number of rotatable bonds is 5. The molecule has 0 aliphatic rings. The normalized spacial score (nSPS) is 12.7. The predicted molar refractivity (Wildman–Crippen MR) is 76.4 cm³/mol. The number of aromatic nitrogens is 4. The zero-order chi connectivity index (χ0) is 14.7. The van der Waals surface area contributed by atoms with Crippen LogP contribution in [0.1, 0.15) is 61.3 Å². The van der Waals surface area contributed by atoms with Crippen LogP contribution >= 0.6 is 0 Å². The number of carbonyl (C=O) groups excluding carboxylic acids is 1. The molecule has 2 aromatic heterocycles. The Morgan fingerprint density at radius 2 is 2.25 bits per heavy atom. The van der Waals surface area contributed by atoms with Crippen molar-refractivity contribution in [1.82, 2.24) is 25.1 Å². The van der Waals surface area contributed by atoms with Crippen LogP contribution in [0.2, 0.25) is 0 Å². The van der Waals surface area contributed by atoms with Crippen LogP contribution in [0.5, 0.6) is 0 Å². The number of hydrogen-bond acceptors (Lipinski definition) is 3. The van der Waals surface area contributed by atoms with E-state index in [2.05, 4.69) is 20.4 Å². The Kier molecular flexibility index (Phi) is 4.22. The Labute approximate surface area is 118 Å². The molecule has 0 aromatic carbocycles. The zero-order valence-corrected chi connectivity index (χ0v) is 12.3. The average Bonchev–Trinajstić information content (AvgIpc) is 3.04. The van der Waals surface area contributed by atoms with E-state index < -0.39 is 0 Å². The van der Waals surface area contributed by atoms with Gasteiger partial charge in [0.25, 0.3) is 5.91 Å². The van der Waals surface area contributed by atoms with Gasteiger partial charge in [0.05, 0.1) is 6.04 Å². The lowest BCUT2D eigenvalue weighted by atomic mass is 10.2. The molecule has 0 spiro atoms. The minimum atomic E-state index is -0.176. The number of hydrogen-bond donors (Lipinski definition) is 2. The number of H-pyrrole nitrogens is 1. The highest BCUT2D eigenvalue weighted by molar-refractivity contribution is 5.92. The summed E-state index contributed by atoms with van der Waals surface area (Å²) in [6, 6.07) is 1.85. The lowest BCUT2D eigenvalue weighted by Crippen LogP contribution is -2.29. The number of imidazole rings is 1. The first-order valence-electron chi connectivity index (χ1n) is 6.88. The molecule has 6 nitrogen and oxygen atoms in total. The number of aryl methyl sites for hydroxylation is 1. The molecule has 0 aliphatic carbocycles. The minimum absolute atomic E-state index is 0.125. The zero-order valence-electron chi connectivity index (χ0n) is 12.3. The lowest BCUT2D eigenvalue weighted by Gasteiger charge is -2.13. The van der Waals surface area contributed by atoms with Gasteiger partial charge < -0.3 is 10.3 Å². The van der Waals surface area contributed by atoms with Crippen molar-refractivity contribution in [2.24, 2.45) is 0 Å². The van der Waals surface area contributed by atoms with Gasteiger partial charge in [0.1, 0.15) is 11.5 Å². The molecule has 6 heteroatoms. The van der Waals surface area contributed by atoms with Crippen LogP contribution in [0.25, 0.3) is 0 Å². The van der Waals surface area contributed by atoms with Crippen LogP contribution in [0.4, 0.5) is 0 Å². The summed E-state index contributed by atoms with van der Waals surface area (Å²) in [5.74, 6) is 0.604. The quantitative estimate of drug-likeness (QED) is 0.879. The summed E-state index contributed by atoms with van der Waals surface area (Å²) in [6.45, 7) is 8.00. The van der Waals surface area contributed by atoms with Crippen LogP contribution < -0.4 is 5.32 Å². The minimum Gasteiger partial charge on any atom is -0.344 e. The van der Waals surface area contributed by atoms with Gasteiger partial charge in [-0.25, -0.2) is 4.98 Å². The first-order valence-corrected chi connectivity index (χ1v) is 6.88. The van der Waals surface area contributed by atoms with Crippen molar-refractivity contribution in [1.29, 1.82) is 0 Å². The van der Waals surface area contributed by atoms with Gasteiger partial charge in [-0.05, 0) is 33.3 Å². The van der Waals surface area contributed by atoms with Gasteiger partial charge in [0, 0.05) is 24.1 Å². The van der Waals surface area contributed by atoms with Gasteiger partial charge in [0.2, 0.25) is 0 Å². The predicted octanol–water partition coefficient (Wildman–Crippen LogP) is 2.38. The van der Waals surface area contributed by atoms with Gasteiger partial charge in [-0.1, -0.05) is 6.92 Å². The van der Waals surface area contributed by atoms with Crippen molar-refractivity contribution in [3.63, 3.8) is 0 Å². The molecule has 2 N–H and O–H groups in total. The summed E-state index contributed by atoms with van der Waals surface area (Å²) in [5, 5.41) is 7.23. The number of nitrogens with one attached hydrogen (secondary N) is 2. The molecular weight excluding hydrogens is 254 g/mol. The Morgan fingerprint density at radius 3 is 2.75 bits per heavy atom. The maximum Gasteiger partial charge on any atom is 0.272 e. The van der Waals surface area contributed by atoms with Gasteiger partial charge in [0.15, 0.2) is 0 Å². The maximum atomic E-state index is 12.2. The standard InChI is InChI=1S/C14H21N5O/c1-5-11(13-15-8-10(4)16-13)17-14(20)12-6-7-19(18-12)9(2)3/h6-9,11H,5H2,1-4H3,(H,15,16)(H,17,20)/t11-/m0/s1. The number of amides is 1. The first kappa shape index (κ1) is 14.3. The Morgan fingerprint density at radius 1 is 1.50 bits per heavy atom. The first-order chi connectivity index (χ1) is 9.51. The third-order valence-corrected chi connectivity index (χ3v) is 3.14. The van der Waals surface area contributed by atoms with E-state index in [-0.39, 0.29) is 18.0 Å². The topological polar surface area (TPSA) is 75.6 Å². The van der Waals surface area contributed by atoms with E-state index in [1.165, 1.54) is 0 Å². The smallest absolute Gasteiger partial charge is 0.272 e. The summed E-state index contributed by atoms with van der Waals surface area (Å²) in [4.78, 5) is 19.6. The Bertz CT molecular complexity index is 584. The van der Waals surface area contributed by atoms with Crippen LogP contribution in [0.15, 0.2) is 18.5 Å². The van der Waals surface area contributed by atoms with Crippen molar-refractivity contribution in [2.75, 3.05) is 0 Å². The van der Waals surface area contributed by atoms with Gasteiger partial charge in [-0.2, -0.15) is 5.10 Å². The number of nitrogens with zero attached hydrogens (tertiary/aromatic N) is 3. The van der Waals surface area contributed by atoms with Crippen LogP contribution in [-0.2, 0) is 0 Å². The third-order valence-electron chi connectivity index (χ3n) is 3.14. The second-order valence-corrected chi connectivity index (χ2v) is 5.16. The molecular formula is C14H21N5O. The molecule has 1 amide bonds. The molecule has 0 bridgehead atoms. The molecule has 1 atom stereocenters. The summed E-state index contributed by atoms with van der Waals surface area (Å²) >= 11 is 0. The van der Waals surface area contributed by atoms with Crippen LogP contribution in [0, 0.1) is 6.92 Å². The third kappa shape index (κ3) is 3.07. The monoisotopic (exact) mass is 275 g/mol. The van der Waals surface area contributed by atoms with E-state index in [4.69, 9.17) is 0 Å². The highest BCUT2D eigenvalue weighted by Crippen LogP contribution is 2.14. The van der Waals surface area contributed by atoms with Gasteiger partial charge >= 0.3 is 0 Å². The highest BCUT2D eigenvalue weighted by Gasteiger charge is 2.18. The van der Waals surface area contributed by atoms with Crippen molar-refractivity contribution in [3.8, 4) is 0 Å². The number of aromatic amines is 1. The number of carbonyl (C=O) groups is 1. The van der Waals surface area contributed by atoms with Crippen LogP contribution in [0.3, 0.4) is 0 Å². The average molecular weight is 275 g/mol. The SMILES string of the molecule is CC[C@H](NC(=O)c1ccn(C(C)C)n1)c1ncc(C)[nH]1.